The molecule has 112 valence electrons. The first kappa shape index (κ1) is 15.1. The molecule has 3 rings (SSSR count). The van der Waals surface area contributed by atoms with Crippen molar-refractivity contribution in [2.75, 3.05) is 33.9 Å². The number of rotatable bonds is 5. The van der Waals surface area contributed by atoms with Gasteiger partial charge in [-0.3, -0.25) is 0 Å². The zero-order valence-electron chi connectivity index (χ0n) is 11.3. The molecule has 0 spiro atoms. The summed E-state index contributed by atoms with van der Waals surface area (Å²) in [6.07, 6.45) is -3.12. The molecule has 0 aromatic rings. The van der Waals surface area contributed by atoms with Crippen molar-refractivity contribution >= 4 is 0 Å². The summed E-state index contributed by atoms with van der Waals surface area (Å²) in [5.41, 5.74) is -1.61. The summed E-state index contributed by atoms with van der Waals surface area (Å²) < 4.78 is 11.2. The summed E-state index contributed by atoms with van der Waals surface area (Å²) in [5.74, 6) is -1.34. The molecule has 1 saturated carbocycles. The third-order valence-electron chi connectivity index (χ3n) is 4.03. The predicted molar refractivity (Wildman–Crippen MR) is 65.4 cm³/mol. The van der Waals surface area contributed by atoms with Gasteiger partial charge in [0.2, 0.25) is 0 Å². The Hall–Kier alpha value is -0.280. The molecule has 3 aliphatic rings. The van der Waals surface area contributed by atoms with E-state index in [0.717, 1.165) is 0 Å². The second-order valence-electron chi connectivity index (χ2n) is 5.68. The van der Waals surface area contributed by atoms with E-state index in [1.807, 2.05) is 19.0 Å². The smallest absolute Gasteiger partial charge is 0.197 e. The average molecular weight is 277 g/mol. The van der Waals surface area contributed by atoms with Crippen LogP contribution < -0.4 is 0 Å². The maximum absolute atomic E-state index is 10.3. The number of ether oxygens (including phenoxy) is 2. The monoisotopic (exact) mass is 277 g/mol. The van der Waals surface area contributed by atoms with Gasteiger partial charge in [-0.25, -0.2) is 0 Å². The molecule has 0 aromatic heterocycles. The molecular weight excluding hydrogens is 254 g/mol. The van der Waals surface area contributed by atoms with Gasteiger partial charge >= 0.3 is 0 Å². The van der Waals surface area contributed by atoms with Gasteiger partial charge in [0.15, 0.2) is 5.79 Å². The number of likely N-dealkylation sites (N-methyl/N-ethyl adjacent to an activating group) is 1. The molecule has 7 heteroatoms. The molecule has 2 heterocycles. The lowest BCUT2D eigenvalue weighted by Gasteiger charge is -2.58. The maximum Gasteiger partial charge on any atom is 0.197 e. The van der Waals surface area contributed by atoms with E-state index >= 15 is 0 Å². The molecular formula is C12H23NO6. The Morgan fingerprint density at radius 3 is 2.53 bits per heavy atom. The van der Waals surface area contributed by atoms with E-state index < -0.39 is 36.3 Å². The van der Waals surface area contributed by atoms with E-state index in [1.54, 1.807) is 0 Å². The number of fused-ring (bicyclic) bond motifs is 3. The molecule has 5 atom stereocenters. The van der Waals surface area contributed by atoms with Crippen LogP contribution in [0.5, 0.6) is 0 Å². The topological polar surface area (TPSA) is 103 Å². The van der Waals surface area contributed by atoms with Gasteiger partial charge in [0, 0.05) is 19.4 Å². The van der Waals surface area contributed by atoms with Crippen molar-refractivity contribution in [1.82, 2.24) is 4.90 Å². The highest BCUT2D eigenvalue weighted by molar-refractivity contribution is 5.10. The number of nitrogens with zero attached hydrogens (tertiary/aromatic N) is 1. The predicted octanol–water partition coefficient (Wildman–Crippen LogP) is -2.10. The van der Waals surface area contributed by atoms with Crippen LogP contribution in [0.3, 0.4) is 0 Å². The maximum atomic E-state index is 10.3. The van der Waals surface area contributed by atoms with Crippen LogP contribution in [0.2, 0.25) is 0 Å². The number of aliphatic hydroxyl groups is 4. The minimum atomic E-state index is -1.61. The van der Waals surface area contributed by atoms with Gasteiger partial charge in [-0.05, 0) is 14.1 Å². The SMILES string of the molecule is CN(C)CCO[C@@]12CC(O)[C@@](O)(CC1O)[C@H](CO)O2. The molecule has 0 radical (unpaired) electrons. The minimum Gasteiger partial charge on any atom is -0.394 e. The lowest BCUT2D eigenvalue weighted by atomic mass is 9.70. The van der Waals surface area contributed by atoms with E-state index in [-0.39, 0.29) is 12.8 Å². The molecule has 2 saturated heterocycles. The van der Waals surface area contributed by atoms with Gasteiger partial charge in [0.1, 0.15) is 17.8 Å². The molecule has 19 heavy (non-hydrogen) atoms. The second-order valence-corrected chi connectivity index (χ2v) is 5.68. The molecule has 3 fully saturated rings. The summed E-state index contributed by atoms with van der Waals surface area (Å²) in [7, 11) is 3.79. The fraction of sp³-hybridized carbons (Fsp3) is 1.00. The minimum absolute atomic E-state index is 0.00536. The molecule has 2 bridgehead atoms. The molecule has 0 aromatic carbocycles. The van der Waals surface area contributed by atoms with Gasteiger partial charge in [0.25, 0.3) is 0 Å². The van der Waals surface area contributed by atoms with Gasteiger partial charge in [0.05, 0.1) is 19.3 Å². The number of hydrogen-bond acceptors (Lipinski definition) is 7. The van der Waals surface area contributed by atoms with Crippen molar-refractivity contribution in [3.63, 3.8) is 0 Å². The van der Waals surface area contributed by atoms with Gasteiger partial charge in [-0.1, -0.05) is 0 Å². The second kappa shape index (κ2) is 5.25. The van der Waals surface area contributed by atoms with Crippen molar-refractivity contribution in [3.8, 4) is 0 Å². The Balaban J connectivity index is 2.10. The standard InChI is InChI=1S/C12H23NO6/c1-13(2)3-4-18-12-6-8(15)11(17,5-9(12)16)10(7-14)19-12/h8-10,14-17H,3-7H2,1-2H3/t8?,9?,10-,11-,12+/m0/s1. The van der Waals surface area contributed by atoms with E-state index in [2.05, 4.69) is 0 Å². The van der Waals surface area contributed by atoms with Crippen LogP contribution in [-0.2, 0) is 9.47 Å². The molecule has 7 nitrogen and oxygen atoms in total. The van der Waals surface area contributed by atoms with E-state index in [4.69, 9.17) is 9.47 Å². The molecule has 2 aliphatic heterocycles. The Morgan fingerprint density at radius 2 is 1.95 bits per heavy atom. The summed E-state index contributed by atoms with van der Waals surface area (Å²) in [5, 5.41) is 39.7. The first-order valence-corrected chi connectivity index (χ1v) is 6.50. The molecule has 2 unspecified atom stereocenters. The van der Waals surface area contributed by atoms with Crippen molar-refractivity contribution in [2.24, 2.45) is 0 Å². The van der Waals surface area contributed by atoms with E-state index in [9.17, 15) is 20.4 Å². The van der Waals surface area contributed by atoms with E-state index in [1.165, 1.54) is 0 Å². The van der Waals surface area contributed by atoms with Crippen LogP contribution in [-0.4, -0.2) is 88.9 Å². The Bertz CT molecular complexity index is 327. The highest BCUT2D eigenvalue weighted by Crippen LogP contribution is 2.47. The first-order valence-electron chi connectivity index (χ1n) is 6.50. The number of aliphatic hydroxyl groups excluding tert-OH is 3. The lowest BCUT2D eigenvalue weighted by molar-refractivity contribution is -0.411. The van der Waals surface area contributed by atoms with Crippen molar-refractivity contribution in [3.05, 3.63) is 0 Å². The van der Waals surface area contributed by atoms with Crippen LogP contribution in [0.4, 0.5) is 0 Å². The Labute approximate surface area is 112 Å². The zero-order chi connectivity index (χ0) is 14.3. The Morgan fingerprint density at radius 1 is 1.26 bits per heavy atom. The van der Waals surface area contributed by atoms with Crippen LogP contribution in [0, 0.1) is 0 Å². The lowest BCUT2D eigenvalue weighted by Crippen LogP contribution is -2.74. The van der Waals surface area contributed by atoms with Crippen LogP contribution in [0.1, 0.15) is 12.8 Å². The van der Waals surface area contributed by atoms with Crippen LogP contribution in [0.25, 0.3) is 0 Å². The zero-order valence-corrected chi connectivity index (χ0v) is 11.3. The molecule has 0 amide bonds. The van der Waals surface area contributed by atoms with Crippen molar-refractivity contribution < 1.29 is 29.9 Å². The highest BCUT2D eigenvalue weighted by Gasteiger charge is 2.65. The highest BCUT2D eigenvalue weighted by atomic mass is 16.7. The molecule has 4 N–H and O–H groups in total. The summed E-state index contributed by atoms with van der Waals surface area (Å²) >= 11 is 0. The van der Waals surface area contributed by atoms with Crippen molar-refractivity contribution in [1.29, 1.82) is 0 Å². The fourth-order valence-corrected chi connectivity index (χ4v) is 2.78. The van der Waals surface area contributed by atoms with Crippen LogP contribution >= 0.6 is 0 Å². The summed E-state index contributed by atoms with van der Waals surface area (Å²) in [6.45, 7) is 0.536. The average Bonchev–Trinajstić information content (AvgIpc) is 2.31. The third-order valence-corrected chi connectivity index (χ3v) is 4.03. The van der Waals surface area contributed by atoms with Crippen LogP contribution in [0.15, 0.2) is 0 Å². The summed E-state index contributed by atoms with van der Waals surface area (Å²) in [6, 6.07) is 0. The first-order chi connectivity index (χ1) is 8.84. The van der Waals surface area contributed by atoms with Gasteiger partial charge < -0.3 is 34.8 Å². The normalized spacial score (nSPS) is 45.9. The fourth-order valence-electron chi connectivity index (χ4n) is 2.78. The van der Waals surface area contributed by atoms with E-state index in [0.29, 0.717) is 13.2 Å². The largest absolute Gasteiger partial charge is 0.394 e. The molecule has 1 aliphatic carbocycles. The van der Waals surface area contributed by atoms with Crippen molar-refractivity contribution in [2.45, 2.75) is 42.5 Å². The summed E-state index contributed by atoms with van der Waals surface area (Å²) in [4.78, 5) is 1.92. The van der Waals surface area contributed by atoms with Gasteiger partial charge in [-0.2, -0.15) is 0 Å². The quantitative estimate of drug-likeness (QED) is 0.456. The Kier molecular flexibility index (Phi) is 4.18. The van der Waals surface area contributed by atoms with Gasteiger partial charge in [-0.15, -0.1) is 0 Å². The number of hydrogen-bond donors (Lipinski definition) is 4. The third kappa shape index (κ3) is 2.52.